The number of nitrogens with one attached hydrogen (secondary N) is 2. The average Bonchev–Trinajstić information content (AvgIpc) is 2.69. The first-order chi connectivity index (χ1) is 10.1. The van der Waals surface area contributed by atoms with Crippen LogP contribution in [0.1, 0.15) is 11.3 Å². The Morgan fingerprint density at radius 2 is 1.95 bits per heavy atom. The molecule has 2 aromatic rings. The van der Waals surface area contributed by atoms with Crippen LogP contribution < -0.4 is 16.0 Å². The molecule has 0 fully saturated rings. The van der Waals surface area contributed by atoms with Crippen molar-refractivity contribution in [3.63, 3.8) is 0 Å². The highest BCUT2D eigenvalue weighted by Crippen LogP contribution is 2.30. The fourth-order valence-corrected chi connectivity index (χ4v) is 1.72. The summed E-state index contributed by atoms with van der Waals surface area (Å²) in [6, 6.07) is 0.162. The summed E-state index contributed by atoms with van der Waals surface area (Å²) in [6.45, 7) is -2.13. The van der Waals surface area contributed by atoms with Crippen LogP contribution in [-0.2, 0) is 6.18 Å². The van der Waals surface area contributed by atoms with E-state index in [1.165, 1.54) is 0 Å². The third-order valence-corrected chi connectivity index (χ3v) is 2.60. The fourth-order valence-electron chi connectivity index (χ4n) is 1.72. The van der Waals surface area contributed by atoms with E-state index < -0.39 is 41.4 Å². The molecule has 2 heterocycles. The first-order valence-corrected chi connectivity index (χ1v) is 5.55. The van der Waals surface area contributed by atoms with Crippen LogP contribution in [0.4, 0.5) is 22.0 Å². The van der Waals surface area contributed by atoms with E-state index in [1.54, 1.807) is 4.98 Å². The number of hydrogen-bond donors (Lipinski definition) is 2. The number of halogens is 5. The number of nitrogens with zero attached hydrogens (tertiary/aromatic N) is 2. The quantitative estimate of drug-likeness (QED) is 0.828. The van der Waals surface area contributed by atoms with Crippen LogP contribution in [0.3, 0.4) is 0 Å². The Labute approximate surface area is 117 Å². The first kappa shape index (κ1) is 15.7. The van der Waals surface area contributed by atoms with Gasteiger partial charge in [0.15, 0.2) is 0 Å². The van der Waals surface area contributed by atoms with E-state index in [-0.39, 0.29) is 16.2 Å². The summed E-state index contributed by atoms with van der Waals surface area (Å²) in [7, 11) is 0. The maximum atomic E-state index is 12.9. The normalized spacial score (nSPS) is 12.0. The lowest BCUT2D eigenvalue weighted by molar-refractivity contribution is -0.143. The van der Waals surface area contributed by atoms with E-state index in [1.807, 2.05) is 5.10 Å². The molecular formula is C10H7F5N4O3. The molecule has 7 nitrogen and oxygen atoms in total. The van der Waals surface area contributed by atoms with Gasteiger partial charge in [0, 0.05) is 6.07 Å². The van der Waals surface area contributed by atoms with Crippen molar-refractivity contribution >= 4 is 0 Å². The molecule has 120 valence electrons. The maximum Gasteiger partial charge on any atom is 0.432 e. The number of ether oxygens (including phenoxy) is 1. The maximum absolute atomic E-state index is 12.9. The molecule has 0 saturated heterocycles. The van der Waals surface area contributed by atoms with Gasteiger partial charge in [-0.3, -0.25) is 14.9 Å². The Bertz CT molecular complexity index is 804. The van der Waals surface area contributed by atoms with Gasteiger partial charge in [-0.05, 0) is 6.92 Å². The van der Waals surface area contributed by atoms with E-state index in [2.05, 4.69) is 9.84 Å². The van der Waals surface area contributed by atoms with Crippen LogP contribution >= 0.6 is 0 Å². The van der Waals surface area contributed by atoms with Gasteiger partial charge in [0.2, 0.25) is 5.88 Å². The van der Waals surface area contributed by atoms with Gasteiger partial charge in [-0.25, -0.2) is 9.36 Å². The molecule has 0 aliphatic rings. The van der Waals surface area contributed by atoms with Gasteiger partial charge >= 0.3 is 18.5 Å². The molecule has 0 radical (unpaired) electrons. The summed E-state index contributed by atoms with van der Waals surface area (Å²) in [5.74, 6) is -1.22. The second-order valence-electron chi connectivity index (χ2n) is 4.04. The molecule has 2 N–H and O–H groups in total. The molecule has 22 heavy (non-hydrogen) atoms. The Hall–Kier alpha value is -2.66. The van der Waals surface area contributed by atoms with E-state index in [0.717, 1.165) is 6.92 Å². The van der Waals surface area contributed by atoms with Gasteiger partial charge in [-0.1, -0.05) is 0 Å². The molecule has 0 aliphatic carbocycles. The Kier molecular flexibility index (Phi) is 3.77. The molecule has 0 amide bonds. The SMILES string of the molecule is Cc1c(OC(F)F)n[nH]c1-n1c(C(F)(F)F)cc(=O)[nH]c1=O. The Morgan fingerprint density at radius 3 is 2.50 bits per heavy atom. The number of H-pyrrole nitrogens is 2. The summed E-state index contributed by atoms with van der Waals surface area (Å²) >= 11 is 0. The van der Waals surface area contributed by atoms with Gasteiger partial charge in [0.1, 0.15) is 11.5 Å². The van der Waals surface area contributed by atoms with Crippen molar-refractivity contribution in [2.24, 2.45) is 0 Å². The van der Waals surface area contributed by atoms with Crippen molar-refractivity contribution in [2.75, 3.05) is 0 Å². The third kappa shape index (κ3) is 2.84. The van der Waals surface area contributed by atoms with Gasteiger partial charge in [0.25, 0.3) is 5.56 Å². The largest absolute Gasteiger partial charge is 0.432 e. The first-order valence-electron chi connectivity index (χ1n) is 5.55. The molecule has 0 saturated carbocycles. The van der Waals surface area contributed by atoms with E-state index >= 15 is 0 Å². The van der Waals surface area contributed by atoms with Crippen molar-refractivity contribution in [3.05, 3.63) is 38.2 Å². The van der Waals surface area contributed by atoms with Crippen molar-refractivity contribution in [1.82, 2.24) is 19.7 Å². The predicted octanol–water partition coefficient (Wildman–Crippen LogP) is 1.18. The predicted molar refractivity (Wildman–Crippen MR) is 61.2 cm³/mol. The van der Waals surface area contributed by atoms with Crippen molar-refractivity contribution in [2.45, 2.75) is 19.7 Å². The van der Waals surface area contributed by atoms with Crippen LogP contribution in [0.15, 0.2) is 15.7 Å². The van der Waals surface area contributed by atoms with E-state index in [4.69, 9.17) is 0 Å². The summed E-state index contributed by atoms with van der Waals surface area (Å²) in [6.07, 6.45) is -5.03. The van der Waals surface area contributed by atoms with Crippen LogP contribution in [0.5, 0.6) is 5.88 Å². The zero-order chi connectivity index (χ0) is 16.7. The minimum atomic E-state index is -5.03. The molecule has 0 atom stereocenters. The van der Waals surface area contributed by atoms with Crippen molar-refractivity contribution in [3.8, 4) is 11.7 Å². The van der Waals surface area contributed by atoms with E-state index in [9.17, 15) is 31.5 Å². The van der Waals surface area contributed by atoms with Crippen LogP contribution in [0.25, 0.3) is 5.82 Å². The highest BCUT2D eigenvalue weighted by atomic mass is 19.4. The lowest BCUT2D eigenvalue weighted by atomic mass is 10.3. The average molecular weight is 326 g/mol. The molecule has 0 spiro atoms. The van der Waals surface area contributed by atoms with Gasteiger partial charge in [-0.2, -0.15) is 22.0 Å². The summed E-state index contributed by atoms with van der Waals surface area (Å²) in [4.78, 5) is 24.4. The van der Waals surface area contributed by atoms with Crippen LogP contribution in [-0.4, -0.2) is 26.4 Å². The lowest BCUT2D eigenvalue weighted by Crippen LogP contribution is -2.34. The van der Waals surface area contributed by atoms with Gasteiger partial charge in [0.05, 0.1) is 5.56 Å². The molecule has 0 unspecified atom stereocenters. The van der Waals surface area contributed by atoms with E-state index in [0.29, 0.717) is 0 Å². The van der Waals surface area contributed by atoms with Crippen molar-refractivity contribution in [1.29, 1.82) is 0 Å². The Morgan fingerprint density at radius 1 is 1.32 bits per heavy atom. The molecule has 12 heteroatoms. The molecule has 2 aromatic heterocycles. The number of hydrogen-bond acceptors (Lipinski definition) is 4. The standard InChI is InChI=1S/C10H7F5N4O3/c1-3-6(17-18-7(3)22-8(11)12)19-4(10(13,14)15)2-5(20)16-9(19)21/h2,8H,1H3,(H,17,18)(H,16,20,21). The smallest absolute Gasteiger partial charge is 0.415 e. The summed E-state index contributed by atoms with van der Waals surface area (Å²) < 4.78 is 67.2. The monoisotopic (exact) mass is 326 g/mol. The number of aromatic amines is 2. The van der Waals surface area contributed by atoms with Crippen molar-refractivity contribution < 1.29 is 26.7 Å². The molecule has 0 aromatic carbocycles. The topological polar surface area (TPSA) is 92.8 Å². The second kappa shape index (κ2) is 5.27. The number of aromatic nitrogens is 4. The molecular weight excluding hydrogens is 319 g/mol. The minimum Gasteiger partial charge on any atom is -0.415 e. The molecule has 0 aliphatic heterocycles. The second-order valence-corrected chi connectivity index (χ2v) is 4.04. The number of alkyl halides is 5. The summed E-state index contributed by atoms with van der Waals surface area (Å²) in [5.41, 5.74) is -4.51. The zero-order valence-electron chi connectivity index (χ0n) is 10.7. The van der Waals surface area contributed by atoms with Gasteiger partial charge in [-0.15, -0.1) is 5.10 Å². The lowest BCUT2D eigenvalue weighted by Gasteiger charge is -2.13. The number of rotatable bonds is 3. The minimum absolute atomic E-state index is 0.0715. The summed E-state index contributed by atoms with van der Waals surface area (Å²) in [5, 5.41) is 5.27. The van der Waals surface area contributed by atoms with Crippen LogP contribution in [0.2, 0.25) is 0 Å². The molecule has 2 rings (SSSR count). The highest BCUT2D eigenvalue weighted by Gasteiger charge is 2.36. The van der Waals surface area contributed by atoms with Gasteiger partial charge < -0.3 is 4.74 Å². The molecule has 0 bridgehead atoms. The van der Waals surface area contributed by atoms with Crippen LogP contribution in [0, 0.1) is 6.92 Å². The zero-order valence-corrected chi connectivity index (χ0v) is 10.7. The third-order valence-electron chi connectivity index (χ3n) is 2.60. The Balaban J connectivity index is 2.71. The highest BCUT2D eigenvalue weighted by molar-refractivity contribution is 5.41. The fraction of sp³-hybridized carbons (Fsp3) is 0.300.